The summed E-state index contributed by atoms with van der Waals surface area (Å²) in [6.07, 6.45) is 1.68. The number of likely N-dealkylation sites (tertiary alicyclic amines) is 1. The summed E-state index contributed by atoms with van der Waals surface area (Å²) in [6, 6.07) is 7.75. The van der Waals surface area contributed by atoms with E-state index in [4.69, 9.17) is 9.47 Å². The lowest BCUT2D eigenvalue weighted by Gasteiger charge is -2.37. The zero-order valence-corrected chi connectivity index (χ0v) is 12.1. The fourth-order valence-electron chi connectivity index (χ4n) is 2.98. The summed E-state index contributed by atoms with van der Waals surface area (Å²) in [7, 11) is 0. The Labute approximate surface area is 119 Å². The first-order valence-corrected chi connectivity index (χ1v) is 7.26. The van der Waals surface area contributed by atoms with Crippen molar-refractivity contribution in [2.45, 2.75) is 38.6 Å². The number of carbonyl (C=O) groups excluding carboxylic acids is 1. The fourth-order valence-corrected chi connectivity index (χ4v) is 2.98. The van der Waals surface area contributed by atoms with Crippen LogP contribution in [0.15, 0.2) is 24.3 Å². The number of hydrogen-bond donors (Lipinski definition) is 0. The molecule has 2 heterocycles. The standard InChI is InChI=1S/C16H21NO3/c1-12-4-3-5-14(10-12)15(18)17-8-6-16(7-9-17)19-11-13(2)20-16/h3-5,10,13H,6-9,11H2,1-2H3. The summed E-state index contributed by atoms with van der Waals surface area (Å²) in [4.78, 5) is 14.4. The van der Waals surface area contributed by atoms with Gasteiger partial charge in [0.2, 0.25) is 0 Å². The molecule has 0 aliphatic carbocycles. The minimum Gasteiger partial charge on any atom is -0.347 e. The predicted octanol–water partition coefficient (Wildman–Crippen LogP) is 2.36. The molecular formula is C16H21NO3. The summed E-state index contributed by atoms with van der Waals surface area (Å²) in [5, 5.41) is 0. The van der Waals surface area contributed by atoms with Gasteiger partial charge in [0, 0.05) is 31.5 Å². The zero-order valence-electron chi connectivity index (χ0n) is 12.1. The van der Waals surface area contributed by atoms with E-state index in [1.807, 2.05) is 43.0 Å². The molecule has 4 nitrogen and oxygen atoms in total. The first kappa shape index (κ1) is 13.6. The van der Waals surface area contributed by atoms with Crippen molar-refractivity contribution in [1.29, 1.82) is 0 Å². The van der Waals surface area contributed by atoms with Crippen LogP contribution in [0.5, 0.6) is 0 Å². The maximum atomic E-state index is 12.5. The number of benzene rings is 1. The van der Waals surface area contributed by atoms with E-state index >= 15 is 0 Å². The van der Waals surface area contributed by atoms with Gasteiger partial charge in [-0.15, -0.1) is 0 Å². The Bertz CT molecular complexity index is 506. The Balaban J connectivity index is 1.65. The molecule has 0 bridgehead atoms. The van der Waals surface area contributed by atoms with Crippen LogP contribution < -0.4 is 0 Å². The van der Waals surface area contributed by atoms with E-state index in [9.17, 15) is 4.79 Å². The smallest absolute Gasteiger partial charge is 0.253 e. The van der Waals surface area contributed by atoms with Crippen molar-refractivity contribution in [3.63, 3.8) is 0 Å². The highest BCUT2D eigenvalue weighted by atomic mass is 16.7. The Morgan fingerprint density at radius 3 is 2.70 bits per heavy atom. The maximum absolute atomic E-state index is 12.5. The number of piperidine rings is 1. The SMILES string of the molecule is Cc1cccc(C(=O)N2CCC3(CC2)OCC(C)O3)c1. The normalized spacial score (nSPS) is 25.1. The van der Waals surface area contributed by atoms with Gasteiger partial charge in [-0.3, -0.25) is 4.79 Å². The van der Waals surface area contributed by atoms with Crippen LogP contribution in [0, 0.1) is 6.92 Å². The van der Waals surface area contributed by atoms with Crippen LogP contribution in [-0.2, 0) is 9.47 Å². The Morgan fingerprint density at radius 2 is 2.10 bits per heavy atom. The summed E-state index contributed by atoms with van der Waals surface area (Å²) in [5.41, 5.74) is 1.88. The van der Waals surface area contributed by atoms with Crippen molar-refractivity contribution in [2.75, 3.05) is 19.7 Å². The van der Waals surface area contributed by atoms with Gasteiger partial charge in [0.05, 0.1) is 12.7 Å². The topological polar surface area (TPSA) is 38.8 Å². The monoisotopic (exact) mass is 275 g/mol. The second-order valence-corrected chi connectivity index (χ2v) is 5.81. The Morgan fingerprint density at radius 1 is 1.35 bits per heavy atom. The van der Waals surface area contributed by atoms with Gasteiger partial charge in [-0.25, -0.2) is 0 Å². The number of ether oxygens (including phenoxy) is 2. The molecule has 0 radical (unpaired) electrons. The molecule has 2 aliphatic rings. The fraction of sp³-hybridized carbons (Fsp3) is 0.562. The molecule has 1 aromatic carbocycles. The van der Waals surface area contributed by atoms with Gasteiger partial charge in [-0.2, -0.15) is 0 Å². The van der Waals surface area contributed by atoms with Crippen molar-refractivity contribution >= 4 is 5.91 Å². The van der Waals surface area contributed by atoms with Crippen LogP contribution in [0.2, 0.25) is 0 Å². The van der Waals surface area contributed by atoms with E-state index in [1.54, 1.807) is 0 Å². The van der Waals surface area contributed by atoms with Crippen LogP contribution in [0.1, 0.15) is 35.7 Å². The minimum atomic E-state index is -0.442. The number of aryl methyl sites for hydroxylation is 1. The second-order valence-electron chi connectivity index (χ2n) is 5.81. The lowest BCUT2D eigenvalue weighted by Crippen LogP contribution is -2.47. The number of hydrogen-bond acceptors (Lipinski definition) is 3. The van der Waals surface area contributed by atoms with Gasteiger partial charge in [0.15, 0.2) is 5.79 Å². The molecular weight excluding hydrogens is 254 g/mol. The van der Waals surface area contributed by atoms with E-state index < -0.39 is 5.79 Å². The van der Waals surface area contributed by atoms with E-state index in [0.29, 0.717) is 19.7 Å². The molecule has 108 valence electrons. The highest BCUT2D eigenvalue weighted by Crippen LogP contribution is 2.34. The Kier molecular flexibility index (Phi) is 3.52. The lowest BCUT2D eigenvalue weighted by molar-refractivity contribution is -0.189. The molecule has 1 spiro atoms. The van der Waals surface area contributed by atoms with Crippen LogP contribution in [0.4, 0.5) is 0 Å². The van der Waals surface area contributed by atoms with Gasteiger partial charge in [-0.1, -0.05) is 17.7 Å². The van der Waals surface area contributed by atoms with Crippen LogP contribution in [0.3, 0.4) is 0 Å². The van der Waals surface area contributed by atoms with E-state index in [-0.39, 0.29) is 12.0 Å². The third kappa shape index (κ3) is 2.58. The molecule has 1 amide bonds. The first-order valence-electron chi connectivity index (χ1n) is 7.26. The van der Waals surface area contributed by atoms with Crippen molar-refractivity contribution in [2.24, 2.45) is 0 Å². The van der Waals surface area contributed by atoms with Crippen molar-refractivity contribution in [3.05, 3.63) is 35.4 Å². The molecule has 3 rings (SSSR count). The molecule has 0 aromatic heterocycles. The highest BCUT2D eigenvalue weighted by Gasteiger charge is 2.43. The molecule has 0 saturated carbocycles. The number of carbonyl (C=O) groups is 1. The largest absolute Gasteiger partial charge is 0.347 e. The van der Waals surface area contributed by atoms with E-state index in [2.05, 4.69) is 0 Å². The van der Waals surface area contributed by atoms with Gasteiger partial charge < -0.3 is 14.4 Å². The molecule has 1 aromatic rings. The molecule has 1 unspecified atom stereocenters. The molecule has 1 atom stereocenters. The van der Waals surface area contributed by atoms with Gasteiger partial charge in [0.1, 0.15) is 0 Å². The third-order valence-corrected chi connectivity index (χ3v) is 4.07. The molecule has 2 aliphatic heterocycles. The predicted molar refractivity (Wildman–Crippen MR) is 75.5 cm³/mol. The third-order valence-electron chi connectivity index (χ3n) is 4.07. The van der Waals surface area contributed by atoms with E-state index in [0.717, 1.165) is 24.0 Å². The van der Waals surface area contributed by atoms with Crippen molar-refractivity contribution in [1.82, 2.24) is 4.90 Å². The lowest BCUT2D eigenvalue weighted by atomic mass is 10.0. The van der Waals surface area contributed by atoms with Gasteiger partial charge in [0.25, 0.3) is 5.91 Å². The van der Waals surface area contributed by atoms with Crippen molar-refractivity contribution < 1.29 is 14.3 Å². The number of rotatable bonds is 1. The average Bonchev–Trinajstić information content (AvgIpc) is 2.80. The second kappa shape index (κ2) is 5.19. The Hall–Kier alpha value is -1.39. The quantitative estimate of drug-likeness (QED) is 0.790. The average molecular weight is 275 g/mol. The number of amides is 1. The molecule has 2 saturated heterocycles. The van der Waals surface area contributed by atoms with Crippen LogP contribution in [0.25, 0.3) is 0 Å². The molecule has 2 fully saturated rings. The minimum absolute atomic E-state index is 0.106. The van der Waals surface area contributed by atoms with Gasteiger partial charge >= 0.3 is 0 Å². The van der Waals surface area contributed by atoms with Crippen molar-refractivity contribution in [3.8, 4) is 0 Å². The van der Waals surface area contributed by atoms with Gasteiger partial charge in [-0.05, 0) is 26.0 Å². The first-order chi connectivity index (χ1) is 9.58. The van der Waals surface area contributed by atoms with Crippen LogP contribution in [-0.4, -0.2) is 42.4 Å². The maximum Gasteiger partial charge on any atom is 0.253 e. The summed E-state index contributed by atoms with van der Waals surface area (Å²) >= 11 is 0. The molecule has 4 heteroatoms. The summed E-state index contributed by atoms with van der Waals surface area (Å²) in [6.45, 7) is 6.08. The summed E-state index contributed by atoms with van der Waals surface area (Å²) < 4.78 is 11.7. The van der Waals surface area contributed by atoms with E-state index in [1.165, 1.54) is 0 Å². The molecule has 20 heavy (non-hydrogen) atoms. The molecule has 0 N–H and O–H groups in total. The number of nitrogens with zero attached hydrogens (tertiary/aromatic N) is 1. The van der Waals surface area contributed by atoms with Crippen LogP contribution >= 0.6 is 0 Å². The zero-order chi connectivity index (χ0) is 14.2. The summed E-state index contributed by atoms with van der Waals surface area (Å²) in [5.74, 6) is -0.336. The highest BCUT2D eigenvalue weighted by molar-refractivity contribution is 5.94.